The van der Waals surface area contributed by atoms with Crippen LogP contribution in [0, 0.1) is 6.92 Å². The molecule has 1 atom stereocenters. The lowest BCUT2D eigenvalue weighted by atomic mass is 10.00. The summed E-state index contributed by atoms with van der Waals surface area (Å²) < 4.78 is 0. The van der Waals surface area contributed by atoms with Crippen LogP contribution >= 0.6 is 0 Å². The monoisotopic (exact) mass is 279 g/mol. The molecule has 1 aliphatic rings. The lowest BCUT2D eigenvalue weighted by Gasteiger charge is -2.25. The summed E-state index contributed by atoms with van der Waals surface area (Å²) >= 11 is 0. The highest BCUT2D eigenvalue weighted by molar-refractivity contribution is 5.89. The van der Waals surface area contributed by atoms with Gasteiger partial charge in [-0.25, -0.2) is 0 Å². The summed E-state index contributed by atoms with van der Waals surface area (Å²) in [6.07, 6.45) is 1.82. The first-order valence-corrected chi connectivity index (χ1v) is 7.46. The normalized spacial score (nSPS) is 17.9. The molecule has 0 amide bonds. The van der Waals surface area contributed by atoms with Crippen molar-refractivity contribution in [3.8, 4) is 0 Å². The zero-order valence-corrected chi connectivity index (χ0v) is 12.4. The summed E-state index contributed by atoms with van der Waals surface area (Å²) in [5.41, 5.74) is 10.6. The maximum absolute atomic E-state index is 5.71. The summed E-state index contributed by atoms with van der Waals surface area (Å²) in [5, 5.41) is 7.00. The molecule has 3 heteroatoms. The Bertz CT molecular complexity index is 634. The Morgan fingerprint density at radius 1 is 1.10 bits per heavy atom. The van der Waals surface area contributed by atoms with Crippen LogP contribution in [-0.2, 0) is 0 Å². The van der Waals surface area contributed by atoms with Gasteiger partial charge in [-0.05, 0) is 37.1 Å². The minimum Gasteiger partial charge on any atom is -0.330 e. The van der Waals surface area contributed by atoms with E-state index in [0.29, 0.717) is 6.54 Å². The van der Waals surface area contributed by atoms with Gasteiger partial charge in [0.2, 0.25) is 0 Å². The zero-order valence-electron chi connectivity index (χ0n) is 12.4. The molecule has 0 aromatic heterocycles. The van der Waals surface area contributed by atoms with Crippen molar-refractivity contribution in [1.29, 1.82) is 0 Å². The van der Waals surface area contributed by atoms with Crippen LogP contribution in [0.2, 0.25) is 0 Å². The molecule has 21 heavy (non-hydrogen) atoms. The number of rotatable bonds is 4. The number of nitrogens with zero attached hydrogens (tertiary/aromatic N) is 2. The summed E-state index contributed by atoms with van der Waals surface area (Å²) in [6, 6.07) is 19.3. The molecular formula is C18H21N3. The molecule has 0 aliphatic carbocycles. The van der Waals surface area contributed by atoms with Crippen LogP contribution in [0.4, 0.5) is 5.69 Å². The number of hydrogen-bond acceptors (Lipinski definition) is 3. The predicted molar refractivity (Wildman–Crippen MR) is 88.6 cm³/mol. The third-order valence-electron chi connectivity index (χ3n) is 3.95. The number of para-hydroxylation sites is 1. The Morgan fingerprint density at radius 3 is 2.52 bits per heavy atom. The number of hydrazone groups is 1. The minimum atomic E-state index is 0.272. The Kier molecular flexibility index (Phi) is 4.02. The quantitative estimate of drug-likeness (QED) is 0.928. The van der Waals surface area contributed by atoms with Crippen molar-refractivity contribution in [2.75, 3.05) is 11.6 Å². The van der Waals surface area contributed by atoms with E-state index in [-0.39, 0.29) is 6.04 Å². The van der Waals surface area contributed by atoms with Crippen molar-refractivity contribution in [2.24, 2.45) is 10.8 Å². The van der Waals surface area contributed by atoms with Crippen LogP contribution in [0.5, 0.6) is 0 Å². The second kappa shape index (κ2) is 6.10. The number of anilines is 1. The maximum Gasteiger partial charge on any atom is 0.0828 e. The van der Waals surface area contributed by atoms with Gasteiger partial charge in [0, 0.05) is 12.1 Å². The fourth-order valence-corrected chi connectivity index (χ4v) is 2.87. The van der Waals surface area contributed by atoms with Gasteiger partial charge >= 0.3 is 0 Å². The Labute approximate surface area is 126 Å². The van der Waals surface area contributed by atoms with E-state index in [2.05, 4.69) is 66.5 Å². The first kappa shape index (κ1) is 13.8. The van der Waals surface area contributed by atoms with E-state index in [1.54, 1.807) is 0 Å². The number of benzene rings is 2. The van der Waals surface area contributed by atoms with Crippen molar-refractivity contribution in [2.45, 2.75) is 25.8 Å². The topological polar surface area (TPSA) is 41.6 Å². The van der Waals surface area contributed by atoms with Crippen molar-refractivity contribution in [1.82, 2.24) is 0 Å². The molecule has 1 heterocycles. The summed E-state index contributed by atoms with van der Waals surface area (Å²) in [6.45, 7) is 2.79. The predicted octanol–water partition coefficient (Wildman–Crippen LogP) is 3.65. The average Bonchev–Trinajstić information content (AvgIpc) is 2.93. The highest BCUT2D eigenvalue weighted by Gasteiger charge is 2.29. The minimum absolute atomic E-state index is 0.272. The Balaban J connectivity index is 1.98. The maximum atomic E-state index is 5.71. The van der Waals surface area contributed by atoms with Gasteiger partial charge in [0.25, 0.3) is 0 Å². The second-order valence-electron chi connectivity index (χ2n) is 5.47. The van der Waals surface area contributed by atoms with E-state index in [1.165, 1.54) is 22.5 Å². The van der Waals surface area contributed by atoms with Crippen LogP contribution in [-0.4, -0.2) is 12.3 Å². The fraction of sp³-hybridized carbons (Fsp3) is 0.278. The third-order valence-corrected chi connectivity index (χ3v) is 3.95. The standard InChI is InChI=1S/C18H21N3/c1-14-7-5-6-10-17(14)21-18(13-16(20-21)11-12-19)15-8-3-2-4-9-15/h2-10,18H,11-13,19H2,1H3. The van der Waals surface area contributed by atoms with Gasteiger partial charge in [-0.2, -0.15) is 5.10 Å². The van der Waals surface area contributed by atoms with E-state index < -0.39 is 0 Å². The molecule has 0 saturated carbocycles. The average molecular weight is 279 g/mol. The molecule has 0 saturated heterocycles. The van der Waals surface area contributed by atoms with Gasteiger partial charge < -0.3 is 5.73 Å². The van der Waals surface area contributed by atoms with Gasteiger partial charge in [0.05, 0.1) is 11.7 Å². The van der Waals surface area contributed by atoms with E-state index in [0.717, 1.165) is 12.8 Å². The lowest BCUT2D eigenvalue weighted by molar-refractivity contribution is 0.706. The van der Waals surface area contributed by atoms with Crippen LogP contribution in [0.25, 0.3) is 0 Å². The van der Waals surface area contributed by atoms with Gasteiger partial charge in [0.15, 0.2) is 0 Å². The molecule has 0 radical (unpaired) electrons. The van der Waals surface area contributed by atoms with Crippen LogP contribution in [0.15, 0.2) is 59.7 Å². The van der Waals surface area contributed by atoms with E-state index in [9.17, 15) is 0 Å². The molecule has 2 N–H and O–H groups in total. The SMILES string of the molecule is Cc1ccccc1N1N=C(CCN)CC1c1ccccc1. The largest absolute Gasteiger partial charge is 0.330 e. The van der Waals surface area contributed by atoms with E-state index in [1.807, 2.05) is 0 Å². The molecule has 3 rings (SSSR count). The summed E-state index contributed by atoms with van der Waals surface area (Å²) in [5.74, 6) is 0. The number of nitrogens with two attached hydrogens (primary N) is 1. The molecule has 1 aliphatic heterocycles. The molecule has 0 bridgehead atoms. The summed E-state index contributed by atoms with van der Waals surface area (Å²) in [7, 11) is 0. The van der Waals surface area contributed by atoms with Crippen molar-refractivity contribution >= 4 is 11.4 Å². The zero-order chi connectivity index (χ0) is 14.7. The van der Waals surface area contributed by atoms with Crippen LogP contribution in [0.3, 0.4) is 0 Å². The Morgan fingerprint density at radius 2 is 1.81 bits per heavy atom. The Hall–Kier alpha value is -2.13. The van der Waals surface area contributed by atoms with Crippen LogP contribution < -0.4 is 10.7 Å². The van der Waals surface area contributed by atoms with Crippen molar-refractivity contribution in [3.05, 3.63) is 65.7 Å². The fourth-order valence-electron chi connectivity index (χ4n) is 2.87. The van der Waals surface area contributed by atoms with Gasteiger partial charge in [-0.1, -0.05) is 48.5 Å². The lowest BCUT2D eigenvalue weighted by Crippen LogP contribution is -2.19. The van der Waals surface area contributed by atoms with Gasteiger partial charge in [-0.15, -0.1) is 0 Å². The molecule has 0 spiro atoms. The molecule has 108 valence electrons. The molecule has 2 aromatic carbocycles. The first-order valence-electron chi connectivity index (χ1n) is 7.46. The third kappa shape index (κ3) is 2.83. The van der Waals surface area contributed by atoms with Crippen molar-refractivity contribution < 1.29 is 0 Å². The smallest absolute Gasteiger partial charge is 0.0828 e. The van der Waals surface area contributed by atoms with Gasteiger partial charge in [0.1, 0.15) is 0 Å². The molecular weight excluding hydrogens is 258 g/mol. The number of hydrogen-bond donors (Lipinski definition) is 1. The second-order valence-corrected chi connectivity index (χ2v) is 5.47. The molecule has 0 fully saturated rings. The van der Waals surface area contributed by atoms with E-state index in [4.69, 9.17) is 10.8 Å². The highest BCUT2D eigenvalue weighted by Crippen LogP contribution is 2.36. The van der Waals surface area contributed by atoms with Crippen molar-refractivity contribution in [3.63, 3.8) is 0 Å². The van der Waals surface area contributed by atoms with Crippen LogP contribution in [0.1, 0.15) is 30.0 Å². The number of aryl methyl sites for hydroxylation is 1. The molecule has 2 aromatic rings. The first-order chi connectivity index (χ1) is 10.3. The highest BCUT2D eigenvalue weighted by atomic mass is 15.5. The van der Waals surface area contributed by atoms with E-state index >= 15 is 0 Å². The summed E-state index contributed by atoms with van der Waals surface area (Å²) in [4.78, 5) is 0. The molecule has 1 unspecified atom stereocenters. The van der Waals surface area contributed by atoms with Gasteiger partial charge in [-0.3, -0.25) is 5.01 Å². The molecule has 3 nitrogen and oxygen atoms in total.